The van der Waals surface area contributed by atoms with E-state index in [4.69, 9.17) is 0 Å². The molecule has 0 aliphatic heterocycles. The highest BCUT2D eigenvalue weighted by Crippen LogP contribution is 2.19. The summed E-state index contributed by atoms with van der Waals surface area (Å²) < 4.78 is 27.4. The lowest BCUT2D eigenvalue weighted by Crippen LogP contribution is -2.33. The number of nitrogens with one attached hydrogen (secondary N) is 3. The molecule has 0 saturated carbocycles. The molecule has 0 atom stereocenters. The molecular formula is C23H23N3O4S. The van der Waals surface area contributed by atoms with Gasteiger partial charge in [0.05, 0.1) is 11.4 Å². The van der Waals surface area contributed by atoms with Crippen molar-refractivity contribution in [3.8, 4) is 0 Å². The zero-order valence-electron chi connectivity index (χ0n) is 17.2. The first-order valence-corrected chi connectivity index (χ1v) is 11.1. The molecule has 3 aromatic carbocycles. The number of carbonyl (C=O) groups is 2. The fourth-order valence-electron chi connectivity index (χ4n) is 2.96. The van der Waals surface area contributed by atoms with Gasteiger partial charge in [-0.15, -0.1) is 0 Å². The van der Waals surface area contributed by atoms with E-state index in [1.807, 2.05) is 32.0 Å². The van der Waals surface area contributed by atoms with Gasteiger partial charge in [-0.3, -0.25) is 14.3 Å². The summed E-state index contributed by atoms with van der Waals surface area (Å²) in [6.45, 7) is 3.58. The second-order valence-corrected chi connectivity index (χ2v) is 8.68. The summed E-state index contributed by atoms with van der Waals surface area (Å²) in [6.07, 6.45) is 0. The van der Waals surface area contributed by atoms with Crippen LogP contribution in [0.4, 0.5) is 11.4 Å². The van der Waals surface area contributed by atoms with Crippen molar-refractivity contribution in [1.29, 1.82) is 0 Å². The monoisotopic (exact) mass is 437 g/mol. The molecule has 0 radical (unpaired) electrons. The van der Waals surface area contributed by atoms with Gasteiger partial charge in [-0.1, -0.05) is 36.4 Å². The second-order valence-electron chi connectivity index (χ2n) is 6.99. The van der Waals surface area contributed by atoms with Crippen molar-refractivity contribution in [2.45, 2.75) is 18.7 Å². The van der Waals surface area contributed by atoms with Crippen molar-refractivity contribution < 1.29 is 18.0 Å². The van der Waals surface area contributed by atoms with E-state index < -0.39 is 15.9 Å². The lowest BCUT2D eigenvalue weighted by atomic mass is 10.1. The second kappa shape index (κ2) is 9.44. The van der Waals surface area contributed by atoms with E-state index in [9.17, 15) is 18.0 Å². The highest BCUT2D eigenvalue weighted by atomic mass is 32.2. The molecule has 0 saturated heterocycles. The molecule has 3 N–H and O–H groups in total. The van der Waals surface area contributed by atoms with Crippen LogP contribution in [0.15, 0.2) is 77.7 Å². The maximum absolute atomic E-state index is 12.5. The highest BCUT2D eigenvalue weighted by molar-refractivity contribution is 7.92. The zero-order chi connectivity index (χ0) is 22.4. The average Bonchev–Trinajstić information content (AvgIpc) is 2.75. The third-order valence-electron chi connectivity index (χ3n) is 4.61. The molecule has 0 spiro atoms. The van der Waals surface area contributed by atoms with Crippen molar-refractivity contribution in [3.63, 3.8) is 0 Å². The van der Waals surface area contributed by atoms with Crippen LogP contribution in [0.3, 0.4) is 0 Å². The molecule has 0 fully saturated rings. The number of aryl methyl sites for hydroxylation is 2. The van der Waals surface area contributed by atoms with Crippen molar-refractivity contribution in [3.05, 3.63) is 89.5 Å². The molecule has 0 heterocycles. The Morgan fingerprint density at radius 1 is 0.806 bits per heavy atom. The summed E-state index contributed by atoms with van der Waals surface area (Å²) in [7, 11) is -3.77. The van der Waals surface area contributed by atoms with Gasteiger partial charge >= 0.3 is 0 Å². The standard InChI is InChI=1S/C23H23N3O4S/c1-16-7-6-8-17(2)22(16)25-21(27)15-24-23(28)18-11-13-20(14-12-18)31(29,30)26-19-9-4-3-5-10-19/h3-14,26H,15H2,1-2H3,(H,24,28)(H,25,27). The van der Waals surface area contributed by atoms with Gasteiger partial charge in [-0.05, 0) is 61.4 Å². The molecular weight excluding hydrogens is 414 g/mol. The van der Waals surface area contributed by atoms with Gasteiger partial charge in [0.25, 0.3) is 15.9 Å². The Bertz CT molecular complexity index is 1170. The first-order valence-electron chi connectivity index (χ1n) is 9.58. The minimum Gasteiger partial charge on any atom is -0.343 e. The topological polar surface area (TPSA) is 104 Å². The van der Waals surface area contributed by atoms with Gasteiger partial charge in [-0.2, -0.15) is 0 Å². The van der Waals surface area contributed by atoms with E-state index in [0.717, 1.165) is 16.8 Å². The zero-order valence-corrected chi connectivity index (χ0v) is 18.0. The molecule has 3 aromatic rings. The number of carbonyl (C=O) groups excluding carboxylic acids is 2. The minimum absolute atomic E-state index is 0.0284. The Kier molecular flexibility index (Phi) is 6.71. The van der Waals surface area contributed by atoms with E-state index in [1.165, 1.54) is 24.3 Å². The summed E-state index contributed by atoms with van der Waals surface area (Å²) in [6, 6.07) is 19.7. The van der Waals surface area contributed by atoms with Crippen LogP contribution < -0.4 is 15.4 Å². The molecule has 7 nitrogen and oxygen atoms in total. The number of amides is 2. The van der Waals surface area contributed by atoms with Gasteiger partial charge in [0.15, 0.2) is 0 Å². The Hall–Kier alpha value is -3.65. The molecule has 0 unspecified atom stereocenters. The SMILES string of the molecule is Cc1cccc(C)c1NC(=O)CNC(=O)c1ccc(S(=O)(=O)Nc2ccccc2)cc1. The van der Waals surface area contributed by atoms with Crippen molar-refractivity contribution in [2.24, 2.45) is 0 Å². The van der Waals surface area contributed by atoms with E-state index in [-0.39, 0.29) is 22.9 Å². The number of benzene rings is 3. The number of hydrogen-bond acceptors (Lipinski definition) is 4. The van der Waals surface area contributed by atoms with Crippen LogP contribution in [0.5, 0.6) is 0 Å². The van der Waals surface area contributed by atoms with Gasteiger partial charge in [0.2, 0.25) is 5.91 Å². The quantitative estimate of drug-likeness (QED) is 0.526. The van der Waals surface area contributed by atoms with Crippen LogP contribution in [-0.4, -0.2) is 26.8 Å². The van der Waals surface area contributed by atoms with Crippen LogP contribution in [-0.2, 0) is 14.8 Å². The Labute approximate surface area is 181 Å². The summed E-state index contributed by atoms with van der Waals surface area (Å²) in [5.74, 6) is -0.825. The maximum Gasteiger partial charge on any atom is 0.261 e. The molecule has 2 amide bonds. The maximum atomic E-state index is 12.5. The molecule has 0 aromatic heterocycles. The van der Waals surface area contributed by atoms with Crippen LogP contribution in [0.2, 0.25) is 0 Å². The summed E-state index contributed by atoms with van der Waals surface area (Å²) in [4.78, 5) is 24.6. The van der Waals surface area contributed by atoms with Crippen molar-refractivity contribution >= 4 is 33.2 Å². The van der Waals surface area contributed by atoms with Gasteiger partial charge < -0.3 is 10.6 Å². The number of sulfonamides is 1. The Balaban J connectivity index is 1.59. The van der Waals surface area contributed by atoms with Crippen molar-refractivity contribution in [2.75, 3.05) is 16.6 Å². The highest BCUT2D eigenvalue weighted by Gasteiger charge is 2.16. The first-order chi connectivity index (χ1) is 14.8. The van der Waals surface area contributed by atoms with Crippen LogP contribution in [0.25, 0.3) is 0 Å². The largest absolute Gasteiger partial charge is 0.343 e. The molecule has 0 aliphatic carbocycles. The Morgan fingerprint density at radius 2 is 1.42 bits per heavy atom. The smallest absolute Gasteiger partial charge is 0.261 e. The molecule has 31 heavy (non-hydrogen) atoms. The first kappa shape index (κ1) is 22.0. The summed E-state index contributed by atoms with van der Waals surface area (Å²) in [5, 5.41) is 5.34. The lowest BCUT2D eigenvalue weighted by Gasteiger charge is -2.12. The van der Waals surface area contributed by atoms with Crippen LogP contribution >= 0.6 is 0 Å². The fourth-order valence-corrected chi connectivity index (χ4v) is 4.02. The summed E-state index contributed by atoms with van der Waals surface area (Å²) >= 11 is 0. The molecule has 0 aliphatic rings. The van der Waals surface area contributed by atoms with E-state index in [1.54, 1.807) is 30.3 Å². The normalized spacial score (nSPS) is 10.9. The minimum atomic E-state index is -3.77. The fraction of sp³-hybridized carbons (Fsp3) is 0.130. The lowest BCUT2D eigenvalue weighted by molar-refractivity contribution is -0.115. The third-order valence-corrected chi connectivity index (χ3v) is 6.01. The molecule has 160 valence electrons. The van der Waals surface area contributed by atoms with Crippen LogP contribution in [0.1, 0.15) is 21.5 Å². The van der Waals surface area contributed by atoms with E-state index in [0.29, 0.717) is 5.69 Å². The molecule has 8 heteroatoms. The van der Waals surface area contributed by atoms with Gasteiger partial charge in [-0.25, -0.2) is 8.42 Å². The number of para-hydroxylation sites is 2. The molecule has 0 bridgehead atoms. The van der Waals surface area contributed by atoms with E-state index in [2.05, 4.69) is 15.4 Å². The molecule has 3 rings (SSSR count). The third kappa shape index (κ3) is 5.70. The Morgan fingerprint density at radius 3 is 2.03 bits per heavy atom. The number of rotatable bonds is 7. The van der Waals surface area contributed by atoms with Gasteiger partial charge in [0, 0.05) is 16.9 Å². The predicted octanol–water partition coefficient (Wildman–Crippen LogP) is 3.47. The average molecular weight is 438 g/mol. The van der Waals surface area contributed by atoms with Gasteiger partial charge in [0.1, 0.15) is 0 Å². The number of anilines is 2. The van der Waals surface area contributed by atoms with Crippen LogP contribution in [0, 0.1) is 13.8 Å². The van der Waals surface area contributed by atoms with Crippen molar-refractivity contribution in [1.82, 2.24) is 5.32 Å². The predicted molar refractivity (Wildman–Crippen MR) is 121 cm³/mol. The van der Waals surface area contributed by atoms with E-state index >= 15 is 0 Å². The number of hydrogen-bond donors (Lipinski definition) is 3. The summed E-state index contributed by atoms with van der Waals surface area (Å²) in [5.41, 5.74) is 3.28.